The number of hydrogen-bond acceptors (Lipinski definition) is 2. The first kappa shape index (κ1) is 16.5. The van der Waals surface area contributed by atoms with Crippen LogP contribution in [-0.2, 0) is 4.74 Å². The van der Waals surface area contributed by atoms with Gasteiger partial charge >= 0.3 is 0 Å². The lowest BCUT2D eigenvalue weighted by atomic mass is 9.97. The second-order valence-electron chi connectivity index (χ2n) is 6.22. The maximum Gasteiger partial charge on any atom is 0.0575 e. The van der Waals surface area contributed by atoms with E-state index in [0.717, 1.165) is 12.6 Å². The predicted molar refractivity (Wildman–Crippen MR) is 89.5 cm³/mol. The van der Waals surface area contributed by atoms with Gasteiger partial charge in [-0.1, -0.05) is 62.1 Å². The Hall–Kier alpha value is -0.860. The van der Waals surface area contributed by atoms with E-state index in [-0.39, 0.29) is 0 Å². The molecule has 1 aliphatic heterocycles. The highest BCUT2D eigenvalue weighted by atomic mass is 16.5. The molecular formula is C19H31NO. The fraction of sp³-hybridized carbons (Fsp3) is 0.684. The van der Waals surface area contributed by atoms with E-state index < -0.39 is 0 Å². The zero-order valence-electron chi connectivity index (χ0n) is 13.3. The van der Waals surface area contributed by atoms with Crippen LogP contribution in [0.25, 0.3) is 0 Å². The van der Waals surface area contributed by atoms with Gasteiger partial charge in [-0.2, -0.15) is 0 Å². The average Bonchev–Trinajstić information content (AvgIpc) is 2.59. The average molecular weight is 289 g/mol. The van der Waals surface area contributed by atoms with Crippen molar-refractivity contribution in [3.63, 3.8) is 0 Å². The molecule has 3 rings (SSSR count). The largest absolute Gasteiger partial charge is 0.378 e. The van der Waals surface area contributed by atoms with Crippen LogP contribution >= 0.6 is 0 Å². The molecular weight excluding hydrogens is 258 g/mol. The molecule has 2 nitrogen and oxygen atoms in total. The number of piperidine rings is 1. The van der Waals surface area contributed by atoms with Gasteiger partial charge in [0.1, 0.15) is 0 Å². The number of ether oxygens (including phenoxy) is 1. The quantitative estimate of drug-likeness (QED) is 0.877. The van der Waals surface area contributed by atoms with Crippen molar-refractivity contribution in [3.8, 4) is 0 Å². The lowest BCUT2D eigenvalue weighted by Gasteiger charge is -2.26. The number of rotatable bonds is 4. The van der Waals surface area contributed by atoms with E-state index in [0.29, 0.717) is 6.10 Å². The first-order valence-corrected chi connectivity index (χ1v) is 8.80. The molecule has 2 heteroatoms. The highest BCUT2D eigenvalue weighted by molar-refractivity contribution is 4.99. The van der Waals surface area contributed by atoms with Crippen LogP contribution in [0.3, 0.4) is 0 Å². The van der Waals surface area contributed by atoms with Crippen LogP contribution in [0, 0.1) is 0 Å². The minimum atomic E-state index is 0.586. The molecule has 1 heterocycles. The van der Waals surface area contributed by atoms with Gasteiger partial charge in [0.25, 0.3) is 0 Å². The van der Waals surface area contributed by atoms with Crippen molar-refractivity contribution in [2.75, 3.05) is 13.2 Å². The minimum absolute atomic E-state index is 0.586. The molecule has 1 saturated heterocycles. The summed E-state index contributed by atoms with van der Waals surface area (Å²) in [4.78, 5) is 0. The van der Waals surface area contributed by atoms with Crippen molar-refractivity contribution < 1.29 is 4.74 Å². The first-order chi connectivity index (χ1) is 10.4. The zero-order valence-corrected chi connectivity index (χ0v) is 13.3. The van der Waals surface area contributed by atoms with Gasteiger partial charge in [0.05, 0.1) is 6.10 Å². The van der Waals surface area contributed by atoms with E-state index in [9.17, 15) is 0 Å². The lowest BCUT2D eigenvalue weighted by molar-refractivity contribution is 0.0225. The number of nitrogens with one attached hydrogen (secondary N) is 1. The van der Waals surface area contributed by atoms with Crippen molar-refractivity contribution in [3.05, 3.63) is 36.4 Å². The summed E-state index contributed by atoms with van der Waals surface area (Å²) in [5.41, 5.74) is 0. The molecule has 2 fully saturated rings. The Balaban J connectivity index is 0.000000225. The molecule has 1 unspecified atom stereocenters. The first-order valence-electron chi connectivity index (χ1n) is 8.80. The Labute approximate surface area is 130 Å². The van der Waals surface area contributed by atoms with Crippen LogP contribution in [-0.4, -0.2) is 25.3 Å². The fourth-order valence-corrected chi connectivity index (χ4v) is 3.16. The van der Waals surface area contributed by atoms with Crippen molar-refractivity contribution >= 4 is 0 Å². The van der Waals surface area contributed by atoms with Gasteiger partial charge in [-0.05, 0) is 38.6 Å². The van der Waals surface area contributed by atoms with Crippen molar-refractivity contribution in [2.24, 2.45) is 0 Å². The topological polar surface area (TPSA) is 21.3 Å². The van der Waals surface area contributed by atoms with Crippen LogP contribution in [0.2, 0.25) is 0 Å². The molecule has 1 aliphatic carbocycles. The van der Waals surface area contributed by atoms with Crippen molar-refractivity contribution in [2.45, 2.75) is 69.9 Å². The zero-order chi connectivity index (χ0) is 14.6. The van der Waals surface area contributed by atoms with Gasteiger partial charge in [0.2, 0.25) is 0 Å². The Kier molecular flexibility index (Phi) is 8.50. The lowest BCUT2D eigenvalue weighted by Crippen LogP contribution is -2.35. The van der Waals surface area contributed by atoms with Crippen LogP contribution in [0.15, 0.2) is 36.4 Å². The maximum atomic E-state index is 5.95. The summed E-state index contributed by atoms with van der Waals surface area (Å²) in [6, 6.07) is 12.7. The molecule has 21 heavy (non-hydrogen) atoms. The predicted octanol–water partition coefficient (Wildman–Crippen LogP) is 4.55. The Morgan fingerprint density at radius 1 is 0.762 bits per heavy atom. The normalized spacial score (nSPS) is 23.1. The maximum absolute atomic E-state index is 5.95. The molecule has 118 valence electrons. The summed E-state index contributed by atoms with van der Waals surface area (Å²) in [6.45, 7) is 2.19. The van der Waals surface area contributed by atoms with Crippen LogP contribution in [0.1, 0.15) is 57.8 Å². The standard InChI is InChI=1S/C13H25NO.C6H6/c1-2-7-13(8-3-1)15-11-9-12-6-4-5-10-14-12;1-2-4-6-5-3-1/h12-14H,1-11H2;1-6H. The third kappa shape index (κ3) is 7.63. The van der Waals surface area contributed by atoms with Crippen LogP contribution < -0.4 is 5.32 Å². The Morgan fingerprint density at radius 2 is 1.38 bits per heavy atom. The van der Waals surface area contributed by atoms with E-state index in [1.807, 2.05) is 36.4 Å². The number of hydrogen-bond donors (Lipinski definition) is 1. The molecule has 1 aromatic carbocycles. The van der Waals surface area contributed by atoms with Crippen molar-refractivity contribution in [1.82, 2.24) is 5.32 Å². The molecule has 1 aromatic rings. The molecule has 0 amide bonds. The SMILES string of the molecule is C1CCC(OCCC2CCCCN2)CC1.c1ccccc1. The molecule has 1 N–H and O–H groups in total. The number of benzene rings is 1. The van der Waals surface area contributed by atoms with Gasteiger partial charge < -0.3 is 10.1 Å². The van der Waals surface area contributed by atoms with Gasteiger partial charge in [-0.25, -0.2) is 0 Å². The summed E-state index contributed by atoms with van der Waals surface area (Å²) >= 11 is 0. The third-order valence-electron chi connectivity index (χ3n) is 4.45. The minimum Gasteiger partial charge on any atom is -0.378 e. The smallest absolute Gasteiger partial charge is 0.0575 e. The molecule has 0 spiro atoms. The molecule has 1 atom stereocenters. The van der Waals surface area contributed by atoms with Crippen molar-refractivity contribution in [1.29, 1.82) is 0 Å². The third-order valence-corrected chi connectivity index (χ3v) is 4.45. The van der Waals surface area contributed by atoms with Gasteiger partial charge in [0.15, 0.2) is 0 Å². The molecule has 0 radical (unpaired) electrons. The Morgan fingerprint density at radius 3 is 1.95 bits per heavy atom. The van der Waals surface area contributed by atoms with E-state index in [1.165, 1.54) is 64.3 Å². The molecule has 0 aromatic heterocycles. The summed E-state index contributed by atoms with van der Waals surface area (Å²) < 4.78 is 5.95. The summed E-state index contributed by atoms with van der Waals surface area (Å²) in [5, 5.41) is 3.58. The van der Waals surface area contributed by atoms with E-state index in [4.69, 9.17) is 4.74 Å². The van der Waals surface area contributed by atoms with Gasteiger partial charge in [-0.15, -0.1) is 0 Å². The summed E-state index contributed by atoms with van der Waals surface area (Å²) in [5.74, 6) is 0. The second-order valence-corrected chi connectivity index (χ2v) is 6.22. The Bertz CT molecular complexity index is 284. The molecule has 2 aliphatic rings. The van der Waals surface area contributed by atoms with E-state index in [2.05, 4.69) is 5.32 Å². The van der Waals surface area contributed by atoms with E-state index in [1.54, 1.807) is 0 Å². The van der Waals surface area contributed by atoms with Gasteiger partial charge in [-0.3, -0.25) is 0 Å². The fourth-order valence-electron chi connectivity index (χ4n) is 3.16. The van der Waals surface area contributed by atoms with Crippen LogP contribution in [0.5, 0.6) is 0 Å². The monoisotopic (exact) mass is 289 g/mol. The van der Waals surface area contributed by atoms with Crippen LogP contribution in [0.4, 0.5) is 0 Å². The highest BCUT2D eigenvalue weighted by Crippen LogP contribution is 2.20. The second kappa shape index (κ2) is 10.8. The summed E-state index contributed by atoms with van der Waals surface area (Å²) in [6.07, 6.45) is 12.7. The molecule has 1 saturated carbocycles. The summed E-state index contributed by atoms with van der Waals surface area (Å²) in [7, 11) is 0. The highest BCUT2D eigenvalue weighted by Gasteiger charge is 2.15. The molecule has 0 bridgehead atoms. The van der Waals surface area contributed by atoms with E-state index >= 15 is 0 Å². The van der Waals surface area contributed by atoms with Gasteiger partial charge in [0, 0.05) is 12.6 Å².